The molecule has 2 rings (SSSR count). The molecule has 1 saturated carbocycles. The van der Waals surface area contributed by atoms with Crippen LogP contribution in [0.2, 0.25) is 0 Å². The normalized spacial score (nSPS) is 21.5. The molecule has 1 aliphatic carbocycles. The van der Waals surface area contributed by atoms with Crippen molar-refractivity contribution in [3.8, 4) is 5.75 Å². The van der Waals surface area contributed by atoms with Crippen molar-refractivity contribution in [1.29, 1.82) is 0 Å². The van der Waals surface area contributed by atoms with Crippen molar-refractivity contribution in [3.63, 3.8) is 0 Å². The number of nitrogens with one attached hydrogen (secondary N) is 1. The van der Waals surface area contributed by atoms with Crippen molar-refractivity contribution >= 4 is 11.9 Å². The predicted octanol–water partition coefficient (Wildman–Crippen LogP) is 3.51. The minimum Gasteiger partial charge on any atom is -0.496 e. The number of methoxy groups -OCH3 is 1. The van der Waals surface area contributed by atoms with Crippen LogP contribution in [-0.2, 0) is 31.9 Å². The van der Waals surface area contributed by atoms with E-state index in [1.54, 1.807) is 14.0 Å². The average molecular weight is 406 g/mol. The van der Waals surface area contributed by atoms with Gasteiger partial charge in [-0.3, -0.25) is 4.79 Å². The predicted molar refractivity (Wildman–Crippen MR) is 112 cm³/mol. The second-order valence-electron chi connectivity index (χ2n) is 7.64. The molecule has 0 bridgehead atoms. The molecule has 0 aromatic heterocycles. The van der Waals surface area contributed by atoms with E-state index < -0.39 is 5.54 Å². The molecule has 0 aliphatic heterocycles. The number of carbonyl (C=O) groups excluding carboxylic acids is 2. The minimum absolute atomic E-state index is 0.128. The molecule has 0 unspecified atom stereocenters. The number of hydrogen-bond acceptors (Lipinski definition) is 5. The van der Waals surface area contributed by atoms with Gasteiger partial charge in [-0.2, -0.15) is 0 Å². The third kappa shape index (κ3) is 5.72. The second kappa shape index (κ2) is 10.6. The number of carbonyl (C=O) groups is 2. The van der Waals surface area contributed by atoms with Crippen molar-refractivity contribution < 1.29 is 23.8 Å². The van der Waals surface area contributed by atoms with E-state index in [0.717, 1.165) is 36.0 Å². The highest BCUT2D eigenvalue weighted by Gasteiger charge is 2.44. The summed E-state index contributed by atoms with van der Waals surface area (Å²) in [6.07, 6.45) is 3.59. The van der Waals surface area contributed by atoms with Crippen LogP contribution in [0.15, 0.2) is 12.1 Å². The van der Waals surface area contributed by atoms with Gasteiger partial charge in [0.25, 0.3) is 0 Å². The maximum Gasteiger partial charge on any atom is 0.331 e. The molecule has 0 radical (unpaired) electrons. The summed E-state index contributed by atoms with van der Waals surface area (Å²) in [5.74, 6) is 0.168. The lowest BCUT2D eigenvalue weighted by Crippen LogP contribution is -2.58. The van der Waals surface area contributed by atoms with E-state index in [0.29, 0.717) is 25.2 Å². The van der Waals surface area contributed by atoms with Gasteiger partial charge in [0.2, 0.25) is 5.91 Å². The summed E-state index contributed by atoms with van der Waals surface area (Å²) in [6, 6.07) is 4.02. The van der Waals surface area contributed by atoms with Crippen LogP contribution in [0.5, 0.6) is 5.75 Å². The SMILES string of the molecule is CCOC(=O)C1(NC(=O)Cc2c(CC)cc(C)cc2OC)CCC(OCC)CC1. The first-order valence-electron chi connectivity index (χ1n) is 10.6. The maximum absolute atomic E-state index is 13.0. The Morgan fingerprint density at radius 1 is 1.14 bits per heavy atom. The molecule has 0 heterocycles. The molecule has 1 aliphatic rings. The molecule has 1 aromatic carbocycles. The zero-order valence-corrected chi connectivity index (χ0v) is 18.4. The van der Waals surface area contributed by atoms with Crippen LogP contribution in [0, 0.1) is 6.92 Å². The van der Waals surface area contributed by atoms with Gasteiger partial charge in [-0.05, 0) is 70.1 Å². The van der Waals surface area contributed by atoms with Crippen LogP contribution in [0.4, 0.5) is 0 Å². The number of rotatable bonds is 9. The lowest BCUT2D eigenvalue weighted by atomic mass is 9.80. The number of hydrogen-bond donors (Lipinski definition) is 1. The van der Waals surface area contributed by atoms with Gasteiger partial charge < -0.3 is 19.5 Å². The molecule has 6 heteroatoms. The lowest BCUT2D eigenvalue weighted by molar-refractivity contribution is -0.156. The highest BCUT2D eigenvalue weighted by Crippen LogP contribution is 2.32. The quantitative estimate of drug-likeness (QED) is 0.637. The molecule has 29 heavy (non-hydrogen) atoms. The van der Waals surface area contributed by atoms with Crippen molar-refractivity contribution in [3.05, 3.63) is 28.8 Å². The summed E-state index contributed by atoms with van der Waals surface area (Å²) in [6.45, 7) is 8.76. The molecule has 0 spiro atoms. The summed E-state index contributed by atoms with van der Waals surface area (Å²) >= 11 is 0. The Kier molecular flexibility index (Phi) is 8.50. The first kappa shape index (κ1) is 23.2. The Morgan fingerprint density at radius 2 is 1.83 bits per heavy atom. The highest BCUT2D eigenvalue weighted by atomic mass is 16.5. The molecular formula is C23H35NO5. The number of aryl methyl sites for hydroxylation is 2. The van der Waals surface area contributed by atoms with Gasteiger partial charge in [-0.15, -0.1) is 0 Å². The third-order valence-electron chi connectivity index (χ3n) is 5.62. The van der Waals surface area contributed by atoms with Crippen LogP contribution < -0.4 is 10.1 Å². The fraction of sp³-hybridized carbons (Fsp3) is 0.652. The molecule has 162 valence electrons. The van der Waals surface area contributed by atoms with Crippen molar-refractivity contribution in [2.75, 3.05) is 20.3 Å². The lowest BCUT2D eigenvalue weighted by Gasteiger charge is -2.38. The van der Waals surface area contributed by atoms with Crippen molar-refractivity contribution in [2.45, 2.75) is 77.9 Å². The number of esters is 1. The molecule has 1 aromatic rings. The van der Waals surface area contributed by atoms with Crippen LogP contribution in [0.3, 0.4) is 0 Å². The van der Waals surface area contributed by atoms with E-state index in [2.05, 4.69) is 18.3 Å². The largest absolute Gasteiger partial charge is 0.496 e. The zero-order chi connectivity index (χ0) is 21.4. The van der Waals surface area contributed by atoms with E-state index in [1.807, 2.05) is 19.9 Å². The van der Waals surface area contributed by atoms with Gasteiger partial charge in [0, 0.05) is 12.2 Å². The molecule has 1 fully saturated rings. The van der Waals surface area contributed by atoms with Crippen LogP contribution in [0.1, 0.15) is 63.1 Å². The van der Waals surface area contributed by atoms with Gasteiger partial charge in [-0.25, -0.2) is 4.79 Å². The smallest absolute Gasteiger partial charge is 0.331 e. The first-order valence-corrected chi connectivity index (χ1v) is 10.6. The molecule has 0 atom stereocenters. The van der Waals surface area contributed by atoms with Crippen LogP contribution >= 0.6 is 0 Å². The fourth-order valence-electron chi connectivity index (χ4n) is 4.16. The standard InChI is InChI=1S/C23H35NO5/c1-6-17-13-16(4)14-20(27-5)19(17)15-21(25)24-23(22(26)29-8-3)11-9-18(10-12-23)28-7-2/h13-14,18H,6-12,15H2,1-5H3,(H,24,25). The number of benzene rings is 1. The summed E-state index contributed by atoms with van der Waals surface area (Å²) < 4.78 is 16.5. The maximum atomic E-state index is 13.0. The van der Waals surface area contributed by atoms with Gasteiger partial charge >= 0.3 is 5.97 Å². The Bertz CT molecular complexity index is 682. The van der Waals surface area contributed by atoms with E-state index in [-0.39, 0.29) is 31.0 Å². The van der Waals surface area contributed by atoms with Gasteiger partial charge in [0.1, 0.15) is 11.3 Å². The Morgan fingerprint density at radius 3 is 2.38 bits per heavy atom. The molecule has 6 nitrogen and oxygen atoms in total. The summed E-state index contributed by atoms with van der Waals surface area (Å²) in [5, 5.41) is 3.02. The minimum atomic E-state index is -0.981. The molecule has 0 saturated heterocycles. The molecule has 1 N–H and O–H groups in total. The summed E-state index contributed by atoms with van der Waals surface area (Å²) in [5.41, 5.74) is 2.08. The van der Waals surface area contributed by atoms with Crippen molar-refractivity contribution in [2.24, 2.45) is 0 Å². The second-order valence-corrected chi connectivity index (χ2v) is 7.64. The number of amides is 1. The fourth-order valence-corrected chi connectivity index (χ4v) is 4.16. The molecule has 1 amide bonds. The van der Waals surface area contributed by atoms with E-state index in [4.69, 9.17) is 14.2 Å². The van der Waals surface area contributed by atoms with E-state index in [1.165, 1.54) is 0 Å². The topological polar surface area (TPSA) is 73.9 Å². The van der Waals surface area contributed by atoms with Crippen molar-refractivity contribution in [1.82, 2.24) is 5.32 Å². The Hall–Kier alpha value is -2.08. The van der Waals surface area contributed by atoms with E-state index >= 15 is 0 Å². The van der Waals surface area contributed by atoms with Gasteiger partial charge in [0.15, 0.2) is 0 Å². The monoisotopic (exact) mass is 405 g/mol. The Balaban J connectivity index is 2.20. The summed E-state index contributed by atoms with van der Waals surface area (Å²) in [7, 11) is 1.62. The third-order valence-corrected chi connectivity index (χ3v) is 5.62. The highest BCUT2D eigenvalue weighted by molar-refractivity contribution is 5.89. The first-order chi connectivity index (χ1) is 13.9. The van der Waals surface area contributed by atoms with Crippen LogP contribution in [-0.4, -0.2) is 43.8 Å². The average Bonchev–Trinajstić information content (AvgIpc) is 2.70. The van der Waals surface area contributed by atoms with Gasteiger partial charge in [-0.1, -0.05) is 13.0 Å². The zero-order valence-electron chi connectivity index (χ0n) is 18.4. The molecular weight excluding hydrogens is 370 g/mol. The summed E-state index contributed by atoms with van der Waals surface area (Å²) in [4.78, 5) is 25.8. The van der Waals surface area contributed by atoms with Gasteiger partial charge in [0.05, 0.1) is 26.2 Å². The Labute approximate surface area is 174 Å². The number of ether oxygens (including phenoxy) is 3. The van der Waals surface area contributed by atoms with Crippen LogP contribution in [0.25, 0.3) is 0 Å². The van der Waals surface area contributed by atoms with E-state index in [9.17, 15) is 9.59 Å².